The Kier molecular flexibility index (Phi) is 4.75. The maximum atomic E-state index is 11.0. The number of nitrogens with one attached hydrogen (secondary N) is 1. The minimum atomic E-state index is -0.475. The average Bonchev–Trinajstić information content (AvgIpc) is 2.44. The SMILES string of the molecule is COc1ccc([N+](=O)[O-])c(OCC2CNCC(C)O2)c1. The van der Waals surface area contributed by atoms with Crippen LogP contribution in [0.25, 0.3) is 0 Å². The van der Waals surface area contributed by atoms with Crippen molar-refractivity contribution >= 4 is 5.69 Å². The summed E-state index contributed by atoms with van der Waals surface area (Å²) in [6.07, 6.45) is -0.0119. The molecule has 0 spiro atoms. The minimum Gasteiger partial charge on any atom is -0.497 e. The summed E-state index contributed by atoms with van der Waals surface area (Å²) in [5.41, 5.74) is -0.0809. The number of nitro benzene ring substituents is 1. The summed E-state index contributed by atoms with van der Waals surface area (Å²) in [6.45, 7) is 3.69. The monoisotopic (exact) mass is 282 g/mol. The first kappa shape index (κ1) is 14.5. The molecule has 0 bridgehead atoms. The van der Waals surface area contributed by atoms with Gasteiger partial charge in [0.15, 0.2) is 0 Å². The Morgan fingerprint density at radius 2 is 2.30 bits per heavy atom. The van der Waals surface area contributed by atoms with Crippen LogP contribution in [0.1, 0.15) is 6.92 Å². The Bertz CT molecular complexity index is 480. The number of benzene rings is 1. The van der Waals surface area contributed by atoms with Gasteiger partial charge in [0, 0.05) is 25.2 Å². The second-order valence-electron chi connectivity index (χ2n) is 4.63. The molecule has 0 saturated carbocycles. The third-order valence-corrected chi connectivity index (χ3v) is 3.02. The molecule has 2 unspecified atom stereocenters. The number of ether oxygens (including phenoxy) is 3. The van der Waals surface area contributed by atoms with E-state index < -0.39 is 4.92 Å². The number of morpholine rings is 1. The Balaban J connectivity index is 2.05. The number of nitrogens with zero attached hydrogens (tertiary/aromatic N) is 1. The molecule has 20 heavy (non-hydrogen) atoms. The van der Waals surface area contributed by atoms with Crippen molar-refractivity contribution in [3.63, 3.8) is 0 Å². The van der Waals surface area contributed by atoms with Crippen molar-refractivity contribution in [2.75, 3.05) is 26.8 Å². The van der Waals surface area contributed by atoms with E-state index in [9.17, 15) is 10.1 Å². The maximum Gasteiger partial charge on any atom is 0.311 e. The fourth-order valence-corrected chi connectivity index (χ4v) is 2.04. The molecule has 2 atom stereocenters. The van der Waals surface area contributed by atoms with Crippen LogP contribution in [0.5, 0.6) is 11.5 Å². The highest BCUT2D eigenvalue weighted by atomic mass is 16.6. The zero-order chi connectivity index (χ0) is 14.5. The van der Waals surface area contributed by atoms with Crippen molar-refractivity contribution in [1.82, 2.24) is 5.32 Å². The van der Waals surface area contributed by atoms with Crippen LogP contribution in [0.2, 0.25) is 0 Å². The van der Waals surface area contributed by atoms with Gasteiger partial charge in [0.05, 0.1) is 18.1 Å². The van der Waals surface area contributed by atoms with Gasteiger partial charge < -0.3 is 19.5 Å². The van der Waals surface area contributed by atoms with E-state index in [1.54, 1.807) is 0 Å². The fraction of sp³-hybridized carbons (Fsp3) is 0.538. The van der Waals surface area contributed by atoms with Crippen LogP contribution in [-0.4, -0.2) is 43.9 Å². The molecule has 1 saturated heterocycles. The van der Waals surface area contributed by atoms with Crippen molar-refractivity contribution in [3.05, 3.63) is 28.3 Å². The van der Waals surface area contributed by atoms with Gasteiger partial charge in [-0.25, -0.2) is 0 Å². The predicted molar refractivity (Wildman–Crippen MR) is 72.3 cm³/mol. The van der Waals surface area contributed by atoms with Crippen LogP contribution in [0.3, 0.4) is 0 Å². The van der Waals surface area contributed by atoms with Gasteiger partial charge >= 0.3 is 5.69 Å². The molecule has 0 radical (unpaired) electrons. The molecule has 0 amide bonds. The summed E-state index contributed by atoms with van der Waals surface area (Å²) < 4.78 is 16.3. The van der Waals surface area contributed by atoms with Crippen LogP contribution in [-0.2, 0) is 4.74 Å². The van der Waals surface area contributed by atoms with Gasteiger partial charge in [-0.15, -0.1) is 0 Å². The third-order valence-electron chi connectivity index (χ3n) is 3.02. The summed E-state index contributed by atoms with van der Waals surface area (Å²) >= 11 is 0. The Hall–Kier alpha value is -1.86. The number of hydrogen-bond donors (Lipinski definition) is 1. The molecule has 7 nitrogen and oxygen atoms in total. The summed E-state index contributed by atoms with van der Waals surface area (Å²) in [5.74, 6) is 0.706. The Labute approximate surface area is 117 Å². The highest BCUT2D eigenvalue weighted by molar-refractivity contribution is 5.50. The van der Waals surface area contributed by atoms with E-state index in [-0.39, 0.29) is 30.3 Å². The lowest BCUT2D eigenvalue weighted by Gasteiger charge is -2.28. The Morgan fingerprint density at radius 3 is 2.95 bits per heavy atom. The van der Waals surface area contributed by atoms with E-state index in [1.165, 1.54) is 25.3 Å². The van der Waals surface area contributed by atoms with Gasteiger partial charge in [-0.05, 0) is 13.0 Å². The van der Waals surface area contributed by atoms with E-state index >= 15 is 0 Å². The van der Waals surface area contributed by atoms with Crippen LogP contribution in [0.4, 0.5) is 5.69 Å². The zero-order valence-electron chi connectivity index (χ0n) is 11.5. The smallest absolute Gasteiger partial charge is 0.311 e. The van der Waals surface area contributed by atoms with Crippen molar-refractivity contribution < 1.29 is 19.1 Å². The number of rotatable bonds is 5. The van der Waals surface area contributed by atoms with Crippen LogP contribution in [0.15, 0.2) is 18.2 Å². The molecule has 1 aliphatic rings. The van der Waals surface area contributed by atoms with Crippen molar-refractivity contribution in [2.24, 2.45) is 0 Å². The quantitative estimate of drug-likeness (QED) is 0.648. The molecular weight excluding hydrogens is 264 g/mol. The molecule has 1 heterocycles. The largest absolute Gasteiger partial charge is 0.497 e. The lowest BCUT2D eigenvalue weighted by molar-refractivity contribution is -0.386. The lowest BCUT2D eigenvalue weighted by atomic mass is 10.2. The van der Waals surface area contributed by atoms with Gasteiger partial charge in [0.1, 0.15) is 18.5 Å². The van der Waals surface area contributed by atoms with E-state index in [4.69, 9.17) is 14.2 Å². The molecule has 1 N–H and O–H groups in total. The molecule has 1 aromatic carbocycles. The van der Waals surface area contributed by atoms with Gasteiger partial charge in [0.2, 0.25) is 5.75 Å². The van der Waals surface area contributed by atoms with Crippen molar-refractivity contribution in [2.45, 2.75) is 19.1 Å². The summed E-state index contributed by atoms with van der Waals surface area (Å²) in [7, 11) is 1.50. The topological polar surface area (TPSA) is 82.9 Å². The van der Waals surface area contributed by atoms with Crippen molar-refractivity contribution in [3.8, 4) is 11.5 Å². The molecule has 0 aliphatic carbocycles. The van der Waals surface area contributed by atoms with Gasteiger partial charge in [-0.3, -0.25) is 10.1 Å². The van der Waals surface area contributed by atoms with Crippen LogP contribution in [0, 0.1) is 10.1 Å². The zero-order valence-corrected chi connectivity index (χ0v) is 11.5. The number of nitro groups is 1. The Morgan fingerprint density at radius 1 is 1.50 bits per heavy atom. The van der Waals surface area contributed by atoms with E-state index in [1.807, 2.05) is 6.92 Å². The van der Waals surface area contributed by atoms with Crippen LogP contribution >= 0.6 is 0 Å². The average molecular weight is 282 g/mol. The highest BCUT2D eigenvalue weighted by Crippen LogP contribution is 2.31. The fourth-order valence-electron chi connectivity index (χ4n) is 2.04. The molecule has 0 aromatic heterocycles. The summed E-state index contributed by atoms with van der Waals surface area (Å²) in [5, 5.41) is 14.2. The number of methoxy groups -OCH3 is 1. The molecule has 110 valence electrons. The lowest BCUT2D eigenvalue weighted by Crippen LogP contribution is -2.45. The van der Waals surface area contributed by atoms with Gasteiger partial charge in [-0.1, -0.05) is 0 Å². The first-order valence-electron chi connectivity index (χ1n) is 6.41. The van der Waals surface area contributed by atoms with Crippen LogP contribution < -0.4 is 14.8 Å². The van der Waals surface area contributed by atoms with E-state index in [0.717, 1.165) is 6.54 Å². The van der Waals surface area contributed by atoms with Gasteiger partial charge in [0.25, 0.3) is 0 Å². The molecular formula is C13H18N2O5. The number of hydrogen-bond acceptors (Lipinski definition) is 6. The second kappa shape index (κ2) is 6.53. The first-order valence-corrected chi connectivity index (χ1v) is 6.41. The normalized spacial score (nSPS) is 22.3. The third kappa shape index (κ3) is 3.58. The predicted octanol–water partition coefficient (Wildman–Crippen LogP) is 1.36. The molecule has 1 aromatic rings. The van der Waals surface area contributed by atoms with E-state index in [2.05, 4.69) is 5.32 Å². The van der Waals surface area contributed by atoms with Gasteiger partial charge in [-0.2, -0.15) is 0 Å². The van der Waals surface area contributed by atoms with Crippen molar-refractivity contribution in [1.29, 1.82) is 0 Å². The molecule has 2 rings (SSSR count). The standard InChI is InChI=1S/C13H18N2O5/c1-9-6-14-7-11(20-9)8-19-13-5-10(18-2)3-4-12(13)15(16)17/h3-5,9,11,14H,6-8H2,1-2H3. The molecule has 1 aliphatic heterocycles. The molecule has 1 fully saturated rings. The first-order chi connectivity index (χ1) is 9.60. The molecule has 7 heteroatoms. The maximum absolute atomic E-state index is 11.0. The summed E-state index contributed by atoms with van der Waals surface area (Å²) in [4.78, 5) is 10.5. The second-order valence-corrected chi connectivity index (χ2v) is 4.63. The van der Waals surface area contributed by atoms with E-state index in [0.29, 0.717) is 12.3 Å². The minimum absolute atomic E-state index is 0.0809. The summed E-state index contributed by atoms with van der Waals surface area (Å²) in [6, 6.07) is 4.42. The highest BCUT2D eigenvalue weighted by Gasteiger charge is 2.22.